The number of hydrogen-bond donors (Lipinski definition) is 3. The zero-order chi connectivity index (χ0) is 25.8. The number of amides is 1. The largest absolute Gasteiger partial charge is 0.491 e. The average Bonchev–Trinajstić information content (AvgIpc) is 2.90. The molecule has 8 nitrogen and oxygen atoms in total. The summed E-state index contributed by atoms with van der Waals surface area (Å²) >= 11 is 1.58. The standard InChI is InChI=1S/C27H27NO7S/c1-36-23-13-9-20(10-14-23)28-27(32)35-26(19-7-11-21(12-8-19)33-18-17-29)24(15-16-25(30)31)34-22-5-3-2-4-6-22/h2-16,24,26,29H,17-18H2,1H3,(H,28,32)(H,30,31)/b16-15+/t24-,26-/m1/s1. The van der Waals surface area contributed by atoms with Gasteiger partial charge in [0.15, 0.2) is 12.2 Å². The average molecular weight is 510 g/mol. The van der Waals surface area contributed by atoms with Crippen molar-refractivity contribution < 1.29 is 34.0 Å². The molecule has 1 amide bonds. The van der Waals surface area contributed by atoms with Crippen molar-refractivity contribution in [3.8, 4) is 11.5 Å². The number of carbonyl (C=O) groups is 2. The van der Waals surface area contributed by atoms with E-state index in [0.29, 0.717) is 22.7 Å². The number of carbonyl (C=O) groups excluding carboxylic acids is 1. The maximum atomic E-state index is 12.9. The van der Waals surface area contributed by atoms with E-state index in [1.165, 1.54) is 6.08 Å². The van der Waals surface area contributed by atoms with Crippen molar-refractivity contribution in [2.24, 2.45) is 0 Å². The zero-order valence-electron chi connectivity index (χ0n) is 19.6. The summed E-state index contributed by atoms with van der Waals surface area (Å²) in [7, 11) is 0. The number of nitrogens with one attached hydrogen (secondary N) is 1. The highest BCUT2D eigenvalue weighted by atomic mass is 32.2. The second kappa shape index (κ2) is 13.8. The Labute approximate surface area is 213 Å². The number of rotatable bonds is 12. The summed E-state index contributed by atoms with van der Waals surface area (Å²) in [4.78, 5) is 25.2. The zero-order valence-corrected chi connectivity index (χ0v) is 20.4. The fourth-order valence-corrected chi connectivity index (χ4v) is 3.62. The topological polar surface area (TPSA) is 114 Å². The second-order valence-corrected chi connectivity index (χ2v) is 8.29. The Morgan fingerprint density at radius 2 is 1.67 bits per heavy atom. The first-order chi connectivity index (χ1) is 17.5. The van der Waals surface area contributed by atoms with E-state index in [0.717, 1.165) is 11.0 Å². The van der Waals surface area contributed by atoms with Crippen molar-refractivity contribution in [3.05, 3.63) is 96.6 Å². The molecule has 0 spiro atoms. The number of benzene rings is 3. The van der Waals surface area contributed by atoms with Crippen LogP contribution in [0.25, 0.3) is 0 Å². The Morgan fingerprint density at radius 3 is 2.28 bits per heavy atom. The second-order valence-electron chi connectivity index (χ2n) is 7.41. The molecule has 2 atom stereocenters. The van der Waals surface area contributed by atoms with Gasteiger partial charge in [-0.05, 0) is 66.4 Å². The number of para-hydroxylation sites is 1. The van der Waals surface area contributed by atoms with Crippen molar-refractivity contribution >= 4 is 29.5 Å². The highest BCUT2D eigenvalue weighted by Crippen LogP contribution is 2.29. The van der Waals surface area contributed by atoms with E-state index in [2.05, 4.69) is 5.32 Å². The molecule has 188 valence electrons. The predicted octanol–water partition coefficient (Wildman–Crippen LogP) is 5.16. The van der Waals surface area contributed by atoms with Crippen molar-refractivity contribution in [3.63, 3.8) is 0 Å². The van der Waals surface area contributed by atoms with Crippen LogP contribution >= 0.6 is 11.8 Å². The molecule has 0 aromatic heterocycles. The van der Waals surface area contributed by atoms with Gasteiger partial charge in [-0.1, -0.05) is 30.3 Å². The predicted molar refractivity (Wildman–Crippen MR) is 138 cm³/mol. The highest BCUT2D eigenvalue weighted by Gasteiger charge is 2.28. The van der Waals surface area contributed by atoms with Crippen LogP contribution in [0, 0.1) is 0 Å². The Morgan fingerprint density at radius 1 is 0.972 bits per heavy atom. The number of carboxylic acids is 1. The van der Waals surface area contributed by atoms with E-state index in [4.69, 9.17) is 19.3 Å². The van der Waals surface area contributed by atoms with Gasteiger partial charge in [0.2, 0.25) is 0 Å². The molecular weight excluding hydrogens is 482 g/mol. The number of aliphatic hydroxyl groups is 1. The molecular formula is C27H27NO7S. The third kappa shape index (κ3) is 8.37. The molecule has 0 heterocycles. The monoisotopic (exact) mass is 509 g/mol. The number of thioether (sulfide) groups is 1. The Balaban J connectivity index is 1.89. The summed E-state index contributed by atoms with van der Waals surface area (Å²) in [5.74, 6) is -0.171. The molecule has 0 fully saturated rings. The summed E-state index contributed by atoms with van der Waals surface area (Å²) < 4.78 is 17.2. The normalized spacial score (nSPS) is 12.5. The van der Waals surface area contributed by atoms with Crippen LogP contribution in [0.1, 0.15) is 11.7 Å². The van der Waals surface area contributed by atoms with Gasteiger partial charge < -0.3 is 24.4 Å². The number of carboxylic acid groups (broad SMARTS) is 1. The molecule has 0 saturated carbocycles. The van der Waals surface area contributed by atoms with Gasteiger partial charge in [0.1, 0.15) is 18.1 Å². The Hall–Kier alpha value is -3.95. The summed E-state index contributed by atoms with van der Waals surface area (Å²) in [5, 5.41) is 20.9. The number of ether oxygens (including phenoxy) is 3. The molecule has 3 N–H and O–H groups in total. The third-order valence-corrected chi connectivity index (χ3v) is 5.62. The first-order valence-corrected chi connectivity index (χ1v) is 12.3. The lowest BCUT2D eigenvalue weighted by Crippen LogP contribution is -2.29. The van der Waals surface area contributed by atoms with Gasteiger partial charge in [0.25, 0.3) is 0 Å². The van der Waals surface area contributed by atoms with Crippen LogP contribution in [0.2, 0.25) is 0 Å². The van der Waals surface area contributed by atoms with E-state index < -0.39 is 24.3 Å². The molecule has 3 aromatic rings. The van der Waals surface area contributed by atoms with E-state index in [-0.39, 0.29) is 13.2 Å². The van der Waals surface area contributed by atoms with E-state index >= 15 is 0 Å². The van der Waals surface area contributed by atoms with E-state index in [9.17, 15) is 14.7 Å². The smallest absolute Gasteiger partial charge is 0.412 e. The quantitative estimate of drug-likeness (QED) is 0.227. The lowest BCUT2D eigenvalue weighted by molar-refractivity contribution is -0.131. The lowest BCUT2D eigenvalue weighted by Gasteiger charge is -2.26. The number of aliphatic carboxylic acids is 1. The van der Waals surface area contributed by atoms with Crippen molar-refractivity contribution in [1.82, 2.24) is 0 Å². The van der Waals surface area contributed by atoms with Crippen LogP contribution in [0.5, 0.6) is 11.5 Å². The van der Waals surface area contributed by atoms with Crippen LogP contribution in [0.3, 0.4) is 0 Å². The van der Waals surface area contributed by atoms with E-state index in [1.807, 2.05) is 24.5 Å². The Kier molecular flexibility index (Phi) is 10.2. The maximum Gasteiger partial charge on any atom is 0.412 e. The molecule has 0 aliphatic heterocycles. The highest BCUT2D eigenvalue weighted by molar-refractivity contribution is 7.98. The molecule has 3 rings (SSSR count). The minimum atomic E-state index is -1.17. The van der Waals surface area contributed by atoms with Gasteiger partial charge in [-0.2, -0.15) is 0 Å². The van der Waals surface area contributed by atoms with E-state index in [1.54, 1.807) is 72.4 Å². The molecule has 36 heavy (non-hydrogen) atoms. The molecule has 0 radical (unpaired) electrons. The maximum absolute atomic E-state index is 12.9. The third-order valence-electron chi connectivity index (χ3n) is 4.88. The minimum absolute atomic E-state index is 0.126. The van der Waals surface area contributed by atoms with Crippen LogP contribution in [-0.4, -0.2) is 47.8 Å². The van der Waals surface area contributed by atoms with Crippen molar-refractivity contribution in [2.45, 2.75) is 17.1 Å². The van der Waals surface area contributed by atoms with Crippen molar-refractivity contribution in [2.75, 3.05) is 24.8 Å². The minimum Gasteiger partial charge on any atom is -0.491 e. The summed E-state index contributed by atoms with van der Waals surface area (Å²) in [6.45, 7) is 0.0106. The summed E-state index contributed by atoms with van der Waals surface area (Å²) in [6, 6.07) is 22.8. The molecule has 0 bridgehead atoms. The number of hydrogen-bond acceptors (Lipinski definition) is 7. The molecule has 9 heteroatoms. The molecule has 0 unspecified atom stereocenters. The van der Waals surface area contributed by atoms with Gasteiger partial charge >= 0.3 is 12.1 Å². The van der Waals surface area contributed by atoms with Gasteiger partial charge in [-0.3, -0.25) is 5.32 Å². The molecule has 0 saturated heterocycles. The molecule has 0 aliphatic rings. The number of aliphatic hydroxyl groups excluding tert-OH is 1. The Bertz CT molecular complexity index is 1140. The molecule has 3 aromatic carbocycles. The number of anilines is 1. The first-order valence-electron chi connectivity index (χ1n) is 11.1. The van der Waals surface area contributed by atoms with Crippen LogP contribution in [-0.2, 0) is 9.53 Å². The van der Waals surface area contributed by atoms with Crippen LogP contribution < -0.4 is 14.8 Å². The summed E-state index contributed by atoms with van der Waals surface area (Å²) in [5.41, 5.74) is 1.10. The molecule has 0 aliphatic carbocycles. The van der Waals surface area contributed by atoms with Crippen LogP contribution in [0.4, 0.5) is 10.5 Å². The van der Waals surface area contributed by atoms with Gasteiger partial charge in [0.05, 0.1) is 6.61 Å². The van der Waals surface area contributed by atoms with Crippen LogP contribution in [0.15, 0.2) is 95.9 Å². The SMILES string of the molecule is CSc1ccc(NC(=O)O[C@H](c2ccc(OCCO)cc2)[C@@H](/C=C/C(=O)O)Oc2ccccc2)cc1. The summed E-state index contributed by atoms with van der Waals surface area (Å²) in [6.07, 6.45) is 1.54. The fraction of sp³-hybridized carbons (Fsp3) is 0.185. The van der Waals surface area contributed by atoms with Gasteiger partial charge in [-0.15, -0.1) is 11.8 Å². The van der Waals surface area contributed by atoms with Crippen molar-refractivity contribution in [1.29, 1.82) is 0 Å². The van der Waals surface area contributed by atoms with Gasteiger partial charge in [0, 0.05) is 16.7 Å². The first kappa shape index (κ1) is 26.7. The lowest BCUT2D eigenvalue weighted by atomic mass is 10.0. The fourth-order valence-electron chi connectivity index (χ4n) is 3.21. The van der Waals surface area contributed by atoms with Gasteiger partial charge in [-0.25, -0.2) is 9.59 Å².